The molecule has 2 rings (SSSR count). The van der Waals surface area contributed by atoms with Gasteiger partial charge in [0.15, 0.2) is 0 Å². The van der Waals surface area contributed by atoms with Gasteiger partial charge in [-0.1, -0.05) is 27.5 Å². The zero-order valence-electron chi connectivity index (χ0n) is 11.1. The normalized spacial score (nSPS) is 10.3. The maximum absolute atomic E-state index is 13.8. The number of halogens is 3. The number of hydrogen-bond donors (Lipinski definition) is 1. The molecule has 0 aliphatic rings. The summed E-state index contributed by atoms with van der Waals surface area (Å²) in [6, 6.07) is 9.10. The molecule has 3 nitrogen and oxygen atoms in total. The smallest absolute Gasteiger partial charge is 0.258 e. The van der Waals surface area contributed by atoms with Gasteiger partial charge in [0.2, 0.25) is 0 Å². The van der Waals surface area contributed by atoms with E-state index < -0.39 is 11.7 Å². The SMILES string of the molecule is CCOc1ccc(Cl)cc1NC(=O)c1ccc(Br)cc1F. The van der Waals surface area contributed by atoms with E-state index in [2.05, 4.69) is 21.2 Å². The lowest BCUT2D eigenvalue weighted by molar-refractivity contribution is 0.102. The van der Waals surface area contributed by atoms with Crippen molar-refractivity contribution in [2.45, 2.75) is 6.92 Å². The number of rotatable bonds is 4. The highest BCUT2D eigenvalue weighted by atomic mass is 79.9. The van der Waals surface area contributed by atoms with Crippen LogP contribution in [-0.2, 0) is 0 Å². The van der Waals surface area contributed by atoms with Gasteiger partial charge in [0.1, 0.15) is 11.6 Å². The van der Waals surface area contributed by atoms with E-state index in [-0.39, 0.29) is 5.56 Å². The van der Waals surface area contributed by atoms with Gasteiger partial charge in [0.25, 0.3) is 5.91 Å². The van der Waals surface area contributed by atoms with Gasteiger partial charge in [-0.15, -0.1) is 0 Å². The summed E-state index contributed by atoms with van der Waals surface area (Å²) in [5.74, 6) is -0.696. The number of anilines is 1. The van der Waals surface area contributed by atoms with Crippen molar-refractivity contribution in [3.63, 3.8) is 0 Å². The van der Waals surface area contributed by atoms with Crippen LogP contribution in [0.4, 0.5) is 10.1 Å². The molecule has 0 radical (unpaired) electrons. The Labute approximate surface area is 135 Å². The molecule has 0 spiro atoms. The molecule has 2 aromatic carbocycles. The van der Waals surface area contributed by atoms with Crippen molar-refractivity contribution < 1.29 is 13.9 Å². The summed E-state index contributed by atoms with van der Waals surface area (Å²) in [7, 11) is 0. The number of nitrogens with one attached hydrogen (secondary N) is 1. The maximum atomic E-state index is 13.8. The molecule has 0 bridgehead atoms. The van der Waals surface area contributed by atoms with E-state index in [0.717, 1.165) is 0 Å². The Hall–Kier alpha value is -1.59. The minimum Gasteiger partial charge on any atom is -0.492 e. The second-order valence-electron chi connectivity index (χ2n) is 4.15. The van der Waals surface area contributed by atoms with Gasteiger partial charge in [-0.3, -0.25) is 4.79 Å². The van der Waals surface area contributed by atoms with E-state index in [1.54, 1.807) is 24.3 Å². The van der Waals surface area contributed by atoms with Crippen molar-refractivity contribution in [2.75, 3.05) is 11.9 Å². The summed E-state index contributed by atoms with van der Waals surface area (Å²) < 4.78 is 19.8. The predicted octanol–water partition coefficient (Wildman–Crippen LogP) is 4.89. The number of carbonyl (C=O) groups excluding carboxylic acids is 1. The van der Waals surface area contributed by atoms with Gasteiger partial charge in [0, 0.05) is 9.50 Å². The summed E-state index contributed by atoms with van der Waals surface area (Å²) in [6.07, 6.45) is 0. The maximum Gasteiger partial charge on any atom is 0.258 e. The first-order chi connectivity index (χ1) is 10.0. The molecule has 0 unspecified atom stereocenters. The number of benzene rings is 2. The Kier molecular flexibility index (Phi) is 5.20. The van der Waals surface area contributed by atoms with Gasteiger partial charge in [-0.05, 0) is 43.3 Å². The minimum absolute atomic E-state index is 0.0550. The molecule has 0 saturated heterocycles. The molecule has 21 heavy (non-hydrogen) atoms. The average Bonchev–Trinajstić information content (AvgIpc) is 2.41. The highest BCUT2D eigenvalue weighted by molar-refractivity contribution is 9.10. The van der Waals surface area contributed by atoms with Crippen LogP contribution in [0, 0.1) is 5.82 Å². The third kappa shape index (κ3) is 3.95. The molecular formula is C15H12BrClFNO2. The quantitative estimate of drug-likeness (QED) is 0.829. The molecular weight excluding hydrogens is 361 g/mol. The molecule has 110 valence electrons. The average molecular weight is 373 g/mol. The fourth-order valence-electron chi connectivity index (χ4n) is 1.74. The van der Waals surface area contributed by atoms with Gasteiger partial charge in [-0.2, -0.15) is 0 Å². The van der Waals surface area contributed by atoms with Crippen LogP contribution in [0.25, 0.3) is 0 Å². The predicted molar refractivity (Wildman–Crippen MR) is 84.7 cm³/mol. The van der Waals surface area contributed by atoms with Crippen LogP contribution in [-0.4, -0.2) is 12.5 Å². The number of hydrogen-bond acceptors (Lipinski definition) is 2. The Morgan fingerprint density at radius 3 is 2.76 bits per heavy atom. The van der Waals surface area contributed by atoms with Crippen molar-refractivity contribution in [1.82, 2.24) is 0 Å². The first-order valence-electron chi connectivity index (χ1n) is 6.20. The van der Waals surface area contributed by atoms with Crippen molar-refractivity contribution in [3.8, 4) is 5.75 Å². The molecule has 1 N–H and O–H groups in total. The van der Waals surface area contributed by atoms with Crippen LogP contribution in [0.3, 0.4) is 0 Å². The van der Waals surface area contributed by atoms with Crippen molar-refractivity contribution in [1.29, 1.82) is 0 Å². The van der Waals surface area contributed by atoms with Crippen molar-refractivity contribution in [3.05, 3.63) is 57.3 Å². The fraction of sp³-hybridized carbons (Fsp3) is 0.133. The lowest BCUT2D eigenvalue weighted by Gasteiger charge is -2.12. The van der Waals surface area contributed by atoms with Gasteiger partial charge in [-0.25, -0.2) is 4.39 Å². The van der Waals surface area contributed by atoms with E-state index in [1.165, 1.54) is 12.1 Å². The zero-order chi connectivity index (χ0) is 15.4. The van der Waals surface area contributed by atoms with Gasteiger partial charge >= 0.3 is 0 Å². The summed E-state index contributed by atoms with van der Waals surface area (Å²) in [4.78, 5) is 12.1. The minimum atomic E-state index is -0.609. The lowest BCUT2D eigenvalue weighted by atomic mass is 10.2. The van der Waals surface area contributed by atoms with Crippen LogP contribution in [0.1, 0.15) is 17.3 Å². The van der Waals surface area contributed by atoms with Crippen molar-refractivity contribution in [2.24, 2.45) is 0 Å². The fourth-order valence-corrected chi connectivity index (χ4v) is 2.25. The molecule has 0 aromatic heterocycles. The van der Waals surface area contributed by atoms with Crippen LogP contribution in [0.15, 0.2) is 40.9 Å². The van der Waals surface area contributed by atoms with Crippen LogP contribution in [0.2, 0.25) is 5.02 Å². The van der Waals surface area contributed by atoms with E-state index >= 15 is 0 Å². The molecule has 6 heteroatoms. The van der Waals surface area contributed by atoms with E-state index in [1.807, 2.05) is 6.92 Å². The van der Waals surface area contributed by atoms with Gasteiger partial charge in [0.05, 0.1) is 17.9 Å². The molecule has 0 fully saturated rings. The second kappa shape index (κ2) is 6.91. The van der Waals surface area contributed by atoms with E-state index in [0.29, 0.717) is 27.5 Å². The molecule has 0 saturated carbocycles. The number of carbonyl (C=O) groups is 1. The highest BCUT2D eigenvalue weighted by Crippen LogP contribution is 2.29. The third-order valence-electron chi connectivity index (χ3n) is 2.67. The Morgan fingerprint density at radius 2 is 2.10 bits per heavy atom. The van der Waals surface area contributed by atoms with Gasteiger partial charge < -0.3 is 10.1 Å². The Morgan fingerprint density at radius 1 is 1.33 bits per heavy atom. The molecule has 0 aliphatic carbocycles. The van der Waals surface area contributed by atoms with E-state index in [4.69, 9.17) is 16.3 Å². The van der Waals surface area contributed by atoms with Crippen LogP contribution >= 0.6 is 27.5 Å². The summed E-state index contributed by atoms with van der Waals surface area (Å²) in [5, 5.41) is 3.06. The summed E-state index contributed by atoms with van der Waals surface area (Å²) in [6.45, 7) is 2.27. The zero-order valence-corrected chi connectivity index (χ0v) is 13.5. The summed E-state index contributed by atoms with van der Waals surface area (Å²) >= 11 is 9.06. The van der Waals surface area contributed by atoms with Crippen LogP contribution < -0.4 is 10.1 Å². The number of amides is 1. The van der Waals surface area contributed by atoms with Crippen LogP contribution in [0.5, 0.6) is 5.75 Å². The molecule has 2 aromatic rings. The highest BCUT2D eigenvalue weighted by Gasteiger charge is 2.14. The summed E-state index contributed by atoms with van der Waals surface area (Å²) in [5.41, 5.74) is 0.345. The molecule has 0 aliphatic heterocycles. The molecule has 0 heterocycles. The standard InChI is InChI=1S/C15H12BrClFNO2/c1-2-21-14-6-4-10(17)8-13(14)19-15(20)11-5-3-9(16)7-12(11)18/h3-8H,2H2,1H3,(H,19,20). The number of ether oxygens (including phenoxy) is 1. The first kappa shape index (κ1) is 15.8. The topological polar surface area (TPSA) is 38.3 Å². The largest absolute Gasteiger partial charge is 0.492 e. The monoisotopic (exact) mass is 371 g/mol. The first-order valence-corrected chi connectivity index (χ1v) is 7.37. The Bertz CT molecular complexity index is 679. The Balaban J connectivity index is 2.28. The third-order valence-corrected chi connectivity index (χ3v) is 3.39. The van der Waals surface area contributed by atoms with Crippen molar-refractivity contribution >= 4 is 39.1 Å². The lowest BCUT2D eigenvalue weighted by Crippen LogP contribution is -2.14. The van der Waals surface area contributed by atoms with E-state index in [9.17, 15) is 9.18 Å². The molecule has 1 amide bonds. The second-order valence-corrected chi connectivity index (χ2v) is 5.50. The molecule has 0 atom stereocenters.